The molecule has 90 valence electrons. The lowest BCUT2D eigenvalue weighted by atomic mass is 9.77. The van der Waals surface area contributed by atoms with Crippen molar-refractivity contribution in [3.05, 3.63) is 11.6 Å². The van der Waals surface area contributed by atoms with Gasteiger partial charge in [-0.05, 0) is 32.8 Å². The number of carbonyl (C=O) groups excluding carboxylic acids is 1. The third-order valence-corrected chi connectivity index (χ3v) is 2.83. The maximum atomic E-state index is 11.9. The predicted molar refractivity (Wildman–Crippen MR) is 63.6 cm³/mol. The minimum Gasteiger partial charge on any atom is -0.465 e. The van der Waals surface area contributed by atoms with Gasteiger partial charge in [-0.25, -0.2) is 4.79 Å². The fraction of sp³-hybridized carbons (Fsp3) is 0.692. The molecule has 3 nitrogen and oxygen atoms in total. The second kappa shape index (κ2) is 7.05. The first kappa shape index (κ1) is 14.7. The summed E-state index contributed by atoms with van der Waals surface area (Å²) < 4.78 is 5.02. The van der Waals surface area contributed by atoms with Crippen LogP contribution in [-0.4, -0.2) is 12.6 Å². The van der Waals surface area contributed by atoms with Gasteiger partial charge >= 0.3 is 5.97 Å². The average molecular weight is 223 g/mol. The number of rotatable bonds is 6. The van der Waals surface area contributed by atoms with Gasteiger partial charge in [0.05, 0.1) is 12.7 Å². The van der Waals surface area contributed by atoms with Crippen molar-refractivity contribution in [1.82, 2.24) is 0 Å². The summed E-state index contributed by atoms with van der Waals surface area (Å²) in [5, 5.41) is 9.31. The standard InChI is InChI=1S/C13H21NO2/c1-5-8-9-13(10-14,11(4)6-2)12(15)16-7-3/h6H,5,7-9H2,1-4H3/b11-6-/t13-/m0/s1. The highest BCUT2D eigenvalue weighted by Crippen LogP contribution is 2.34. The molecule has 16 heavy (non-hydrogen) atoms. The van der Waals surface area contributed by atoms with Gasteiger partial charge in [0, 0.05) is 0 Å². The Morgan fingerprint density at radius 1 is 1.50 bits per heavy atom. The largest absolute Gasteiger partial charge is 0.465 e. The van der Waals surface area contributed by atoms with E-state index in [1.54, 1.807) is 6.92 Å². The number of nitrogens with zero attached hydrogens (tertiary/aromatic N) is 1. The van der Waals surface area contributed by atoms with E-state index in [4.69, 9.17) is 4.74 Å². The zero-order valence-corrected chi connectivity index (χ0v) is 10.7. The quantitative estimate of drug-likeness (QED) is 0.513. The molecule has 0 aliphatic heterocycles. The summed E-state index contributed by atoms with van der Waals surface area (Å²) in [5.74, 6) is -0.415. The summed E-state index contributed by atoms with van der Waals surface area (Å²) >= 11 is 0. The van der Waals surface area contributed by atoms with E-state index in [0.29, 0.717) is 13.0 Å². The number of ether oxygens (including phenoxy) is 1. The lowest BCUT2D eigenvalue weighted by Gasteiger charge is -2.25. The third kappa shape index (κ3) is 3.10. The van der Waals surface area contributed by atoms with E-state index in [2.05, 4.69) is 6.07 Å². The Labute approximate surface area is 98.1 Å². The molecule has 0 heterocycles. The van der Waals surface area contributed by atoms with Crippen molar-refractivity contribution in [2.75, 3.05) is 6.61 Å². The van der Waals surface area contributed by atoms with Gasteiger partial charge in [-0.3, -0.25) is 0 Å². The third-order valence-electron chi connectivity index (χ3n) is 2.83. The van der Waals surface area contributed by atoms with Crippen molar-refractivity contribution in [1.29, 1.82) is 5.26 Å². The van der Waals surface area contributed by atoms with Crippen LogP contribution in [0.5, 0.6) is 0 Å². The van der Waals surface area contributed by atoms with Gasteiger partial charge in [-0.2, -0.15) is 5.26 Å². The van der Waals surface area contributed by atoms with Crippen LogP contribution in [0.25, 0.3) is 0 Å². The summed E-state index contributed by atoms with van der Waals surface area (Å²) in [4.78, 5) is 11.9. The molecule has 0 saturated heterocycles. The van der Waals surface area contributed by atoms with Gasteiger partial charge in [-0.1, -0.05) is 25.8 Å². The molecular weight excluding hydrogens is 202 g/mol. The van der Waals surface area contributed by atoms with Crippen molar-refractivity contribution < 1.29 is 9.53 Å². The van der Waals surface area contributed by atoms with Gasteiger partial charge in [0.25, 0.3) is 0 Å². The predicted octanol–water partition coefficient (Wildman–Crippen LogP) is 3.22. The molecule has 3 heteroatoms. The fourth-order valence-corrected chi connectivity index (χ4v) is 1.59. The molecule has 0 aromatic carbocycles. The minimum absolute atomic E-state index is 0.311. The molecule has 0 aromatic heterocycles. The van der Waals surface area contributed by atoms with Crippen LogP contribution in [-0.2, 0) is 9.53 Å². The van der Waals surface area contributed by atoms with E-state index in [1.807, 2.05) is 26.8 Å². The van der Waals surface area contributed by atoms with E-state index < -0.39 is 11.4 Å². The second-order valence-corrected chi connectivity index (χ2v) is 3.81. The molecule has 0 aliphatic carbocycles. The fourth-order valence-electron chi connectivity index (χ4n) is 1.59. The molecule has 0 aliphatic rings. The molecule has 0 unspecified atom stereocenters. The highest BCUT2D eigenvalue weighted by atomic mass is 16.5. The number of hydrogen-bond donors (Lipinski definition) is 0. The number of hydrogen-bond acceptors (Lipinski definition) is 3. The van der Waals surface area contributed by atoms with Crippen LogP contribution in [0.1, 0.15) is 47.0 Å². The summed E-state index contributed by atoms with van der Waals surface area (Å²) in [6, 6.07) is 2.14. The first-order valence-corrected chi connectivity index (χ1v) is 5.80. The second-order valence-electron chi connectivity index (χ2n) is 3.81. The Balaban J connectivity index is 5.13. The van der Waals surface area contributed by atoms with Gasteiger partial charge in [0.2, 0.25) is 0 Å². The summed E-state index contributed by atoms with van der Waals surface area (Å²) in [6.45, 7) is 7.76. The summed E-state index contributed by atoms with van der Waals surface area (Å²) in [7, 11) is 0. The Morgan fingerprint density at radius 2 is 2.12 bits per heavy atom. The molecule has 0 fully saturated rings. The van der Waals surface area contributed by atoms with E-state index in [9.17, 15) is 10.1 Å². The SMILES string of the molecule is C/C=C(/C)[C@@](C#N)(CCCC)C(=O)OCC. The number of nitriles is 1. The molecule has 0 N–H and O–H groups in total. The van der Waals surface area contributed by atoms with Crippen molar-refractivity contribution in [2.45, 2.75) is 47.0 Å². The number of esters is 1. The van der Waals surface area contributed by atoms with Crippen molar-refractivity contribution in [3.63, 3.8) is 0 Å². The Bertz CT molecular complexity index is 302. The molecule has 0 amide bonds. The highest BCUT2D eigenvalue weighted by Gasteiger charge is 2.41. The lowest BCUT2D eigenvalue weighted by molar-refractivity contribution is -0.150. The Kier molecular flexibility index (Phi) is 6.48. The van der Waals surface area contributed by atoms with Crippen LogP contribution in [0.2, 0.25) is 0 Å². The topological polar surface area (TPSA) is 50.1 Å². The van der Waals surface area contributed by atoms with Crippen LogP contribution < -0.4 is 0 Å². The first-order chi connectivity index (χ1) is 7.58. The van der Waals surface area contributed by atoms with Crippen LogP contribution in [0.3, 0.4) is 0 Å². The van der Waals surface area contributed by atoms with Crippen LogP contribution in [0.4, 0.5) is 0 Å². The Morgan fingerprint density at radius 3 is 2.50 bits per heavy atom. The van der Waals surface area contributed by atoms with Crippen molar-refractivity contribution in [3.8, 4) is 6.07 Å². The average Bonchev–Trinajstić information content (AvgIpc) is 2.30. The maximum absolute atomic E-state index is 11.9. The first-order valence-electron chi connectivity index (χ1n) is 5.80. The zero-order chi connectivity index (χ0) is 12.6. The molecule has 0 aromatic rings. The monoisotopic (exact) mass is 223 g/mol. The summed E-state index contributed by atoms with van der Waals surface area (Å²) in [6.07, 6.45) is 4.15. The van der Waals surface area contributed by atoms with Crippen molar-refractivity contribution >= 4 is 5.97 Å². The van der Waals surface area contributed by atoms with E-state index >= 15 is 0 Å². The molecule has 0 rings (SSSR count). The molecule has 0 bridgehead atoms. The van der Waals surface area contributed by atoms with Crippen molar-refractivity contribution in [2.24, 2.45) is 5.41 Å². The molecule has 0 saturated carbocycles. The van der Waals surface area contributed by atoms with Gasteiger partial charge in [-0.15, -0.1) is 0 Å². The van der Waals surface area contributed by atoms with E-state index in [1.165, 1.54) is 0 Å². The number of allylic oxidation sites excluding steroid dienone is 1. The van der Waals surface area contributed by atoms with E-state index in [-0.39, 0.29) is 0 Å². The lowest BCUT2D eigenvalue weighted by Crippen LogP contribution is -2.33. The zero-order valence-electron chi connectivity index (χ0n) is 10.7. The van der Waals surface area contributed by atoms with Gasteiger partial charge in [0.15, 0.2) is 5.41 Å². The number of unbranched alkanes of at least 4 members (excludes halogenated alkanes) is 1. The maximum Gasteiger partial charge on any atom is 0.330 e. The van der Waals surface area contributed by atoms with Crippen LogP contribution in [0, 0.1) is 16.7 Å². The molecular formula is C13H21NO2. The molecule has 0 radical (unpaired) electrons. The van der Waals surface area contributed by atoms with Gasteiger partial charge < -0.3 is 4.74 Å². The molecule has 1 atom stereocenters. The molecule has 0 spiro atoms. The smallest absolute Gasteiger partial charge is 0.330 e. The number of carbonyl (C=O) groups is 1. The highest BCUT2D eigenvalue weighted by molar-refractivity contribution is 5.83. The normalized spacial score (nSPS) is 15.1. The summed E-state index contributed by atoms with van der Waals surface area (Å²) in [5.41, 5.74) is -0.303. The van der Waals surface area contributed by atoms with Gasteiger partial charge in [0.1, 0.15) is 0 Å². The van der Waals surface area contributed by atoms with Crippen LogP contribution in [0.15, 0.2) is 11.6 Å². The van der Waals surface area contributed by atoms with Crippen LogP contribution >= 0.6 is 0 Å². The van der Waals surface area contributed by atoms with E-state index in [0.717, 1.165) is 18.4 Å². The Hall–Kier alpha value is -1.30. The minimum atomic E-state index is -1.08.